The van der Waals surface area contributed by atoms with Gasteiger partial charge in [0.05, 0.1) is 13.7 Å². The molecule has 4 N–H and O–H groups in total. The van der Waals surface area contributed by atoms with Crippen molar-refractivity contribution in [2.45, 2.75) is 0 Å². The number of methoxy groups -OCH3 is 2. The Kier molecular flexibility index (Phi) is 5.05. The summed E-state index contributed by atoms with van der Waals surface area (Å²) in [6.07, 6.45) is 0. The predicted octanol–water partition coefficient (Wildman–Crippen LogP) is 0.757. The molecule has 0 unspecified atom stereocenters. The number of amides is 1. The molecule has 17 heavy (non-hydrogen) atoms. The highest BCUT2D eigenvalue weighted by molar-refractivity contribution is 7.19. The van der Waals surface area contributed by atoms with Crippen LogP contribution in [0.1, 0.15) is 9.67 Å². The van der Waals surface area contributed by atoms with Gasteiger partial charge in [-0.05, 0) is 0 Å². The van der Waals surface area contributed by atoms with E-state index in [1.807, 2.05) is 0 Å². The van der Waals surface area contributed by atoms with Crippen LogP contribution in [0, 0.1) is 0 Å². The third-order valence-corrected chi connectivity index (χ3v) is 3.27. The van der Waals surface area contributed by atoms with E-state index in [4.69, 9.17) is 15.2 Å². The number of nitrogen functional groups attached to an aromatic ring is 1. The second kappa shape index (κ2) is 6.31. The van der Waals surface area contributed by atoms with Gasteiger partial charge in [0.2, 0.25) is 0 Å². The predicted molar refractivity (Wildman–Crippen MR) is 69.0 cm³/mol. The highest BCUT2D eigenvalue weighted by atomic mass is 32.1. The van der Waals surface area contributed by atoms with Crippen LogP contribution in [-0.2, 0) is 4.74 Å². The molecule has 0 bridgehead atoms. The average molecular weight is 259 g/mol. The van der Waals surface area contributed by atoms with Crippen LogP contribution in [0.2, 0.25) is 0 Å². The number of hydrogen-bond acceptors (Lipinski definition) is 6. The lowest BCUT2D eigenvalue weighted by Crippen LogP contribution is -2.17. The molecule has 0 aliphatic heterocycles. The molecule has 0 radical (unpaired) electrons. The molecule has 0 saturated carbocycles. The van der Waals surface area contributed by atoms with Gasteiger partial charge in [-0.1, -0.05) is 0 Å². The smallest absolute Gasteiger partial charge is 0.263 e. The van der Waals surface area contributed by atoms with Crippen LogP contribution >= 0.6 is 11.3 Å². The molecule has 0 aromatic carbocycles. The molecule has 0 atom stereocenters. The van der Waals surface area contributed by atoms with Crippen molar-refractivity contribution in [1.29, 1.82) is 0 Å². The highest BCUT2D eigenvalue weighted by Crippen LogP contribution is 2.42. The van der Waals surface area contributed by atoms with Gasteiger partial charge in [-0.3, -0.25) is 4.79 Å². The largest absolute Gasteiger partial charge is 0.492 e. The molecule has 1 aromatic rings. The first-order valence-corrected chi connectivity index (χ1v) is 5.88. The van der Waals surface area contributed by atoms with Gasteiger partial charge < -0.3 is 25.8 Å². The Morgan fingerprint density at radius 2 is 2.18 bits per heavy atom. The maximum absolute atomic E-state index is 11.6. The van der Waals surface area contributed by atoms with Crippen molar-refractivity contribution in [2.24, 2.45) is 0 Å². The number of hydrogen-bond donors (Lipinski definition) is 3. The van der Waals surface area contributed by atoms with Crippen LogP contribution in [0.3, 0.4) is 0 Å². The topological polar surface area (TPSA) is 85.6 Å². The van der Waals surface area contributed by atoms with Crippen molar-refractivity contribution in [3.63, 3.8) is 0 Å². The van der Waals surface area contributed by atoms with Gasteiger partial charge in [-0.2, -0.15) is 0 Å². The quantitative estimate of drug-likeness (QED) is 0.657. The van der Waals surface area contributed by atoms with Crippen LogP contribution in [0.5, 0.6) is 5.75 Å². The minimum absolute atomic E-state index is 0.217. The van der Waals surface area contributed by atoms with Crippen LogP contribution in [0.15, 0.2) is 0 Å². The summed E-state index contributed by atoms with van der Waals surface area (Å²) in [4.78, 5) is 12.0. The van der Waals surface area contributed by atoms with Crippen LogP contribution in [0.25, 0.3) is 0 Å². The zero-order valence-electron chi connectivity index (χ0n) is 10.1. The number of anilines is 2. The summed E-state index contributed by atoms with van der Waals surface area (Å²) < 4.78 is 10.1. The summed E-state index contributed by atoms with van der Waals surface area (Å²) in [5.41, 5.74) is 6.21. The summed E-state index contributed by atoms with van der Waals surface area (Å²) in [6.45, 7) is 1.19. The number of carbonyl (C=O) groups excluding carboxylic acids is 1. The number of ether oxygens (including phenoxy) is 2. The summed E-state index contributed by atoms with van der Waals surface area (Å²) in [6, 6.07) is 0. The van der Waals surface area contributed by atoms with Crippen molar-refractivity contribution in [3.05, 3.63) is 4.88 Å². The van der Waals surface area contributed by atoms with Gasteiger partial charge in [0.1, 0.15) is 15.6 Å². The second-order valence-corrected chi connectivity index (χ2v) is 4.23. The molecular formula is C10H17N3O3S. The molecule has 96 valence electrons. The second-order valence-electron chi connectivity index (χ2n) is 3.21. The Labute approximate surface area is 104 Å². The maximum atomic E-state index is 11.6. The summed E-state index contributed by atoms with van der Waals surface area (Å²) in [5, 5.41) is 6.39. The number of nitrogens with one attached hydrogen (secondary N) is 2. The number of rotatable bonds is 6. The molecule has 0 aliphatic carbocycles. The Hall–Kier alpha value is -1.47. The minimum atomic E-state index is -0.217. The van der Waals surface area contributed by atoms with Crippen molar-refractivity contribution < 1.29 is 14.3 Å². The summed E-state index contributed by atoms with van der Waals surface area (Å²) in [7, 11) is 4.71. The molecular weight excluding hydrogens is 242 g/mol. The average Bonchev–Trinajstić information content (AvgIpc) is 2.65. The zero-order chi connectivity index (χ0) is 12.8. The molecule has 0 aliphatic rings. The molecule has 1 aromatic heterocycles. The molecule has 0 fully saturated rings. The Bertz CT molecular complexity index is 392. The Morgan fingerprint density at radius 1 is 1.47 bits per heavy atom. The van der Waals surface area contributed by atoms with E-state index in [0.29, 0.717) is 29.5 Å². The SMILES string of the molecule is CNC(=O)c1sc(NCCOC)c(OC)c1N. The lowest BCUT2D eigenvalue weighted by atomic mass is 10.3. The number of thiophene rings is 1. The van der Waals surface area contributed by atoms with Crippen molar-refractivity contribution in [2.75, 3.05) is 45.5 Å². The van der Waals surface area contributed by atoms with Gasteiger partial charge in [-0.25, -0.2) is 0 Å². The highest BCUT2D eigenvalue weighted by Gasteiger charge is 2.20. The molecule has 1 rings (SSSR count). The van der Waals surface area contributed by atoms with E-state index in [1.165, 1.54) is 18.4 Å². The number of carbonyl (C=O) groups is 1. The summed E-state index contributed by atoms with van der Waals surface area (Å²) in [5.74, 6) is 0.287. The van der Waals surface area contributed by atoms with E-state index < -0.39 is 0 Å². The molecule has 0 saturated heterocycles. The van der Waals surface area contributed by atoms with E-state index in [0.717, 1.165) is 5.00 Å². The zero-order valence-corrected chi connectivity index (χ0v) is 10.9. The molecule has 6 nitrogen and oxygen atoms in total. The standard InChI is InChI=1S/C10H17N3O3S/c1-12-9(14)8-6(11)7(16-3)10(17-8)13-4-5-15-2/h13H,4-5,11H2,1-3H3,(H,12,14). The van der Waals surface area contributed by atoms with E-state index in [1.54, 1.807) is 14.2 Å². The van der Waals surface area contributed by atoms with Gasteiger partial charge >= 0.3 is 0 Å². The van der Waals surface area contributed by atoms with Crippen LogP contribution in [0.4, 0.5) is 10.7 Å². The molecule has 0 spiro atoms. The lowest BCUT2D eigenvalue weighted by Gasteiger charge is -2.05. The fourth-order valence-electron chi connectivity index (χ4n) is 1.30. The van der Waals surface area contributed by atoms with Crippen molar-refractivity contribution in [1.82, 2.24) is 5.32 Å². The Balaban J connectivity index is 2.92. The first-order chi connectivity index (χ1) is 8.15. The van der Waals surface area contributed by atoms with Gasteiger partial charge in [-0.15, -0.1) is 11.3 Å². The third kappa shape index (κ3) is 3.01. The Morgan fingerprint density at radius 3 is 2.71 bits per heavy atom. The monoisotopic (exact) mass is 259 g/mol. The summed E-state index contributed by atoms with van der Waals surface area (Å²) >= 11 is 1.27. The van der Waals surface area contributed by atoms with Gasteiger partial charge in [0.15, 0.2) is 5.75 Å². The van der Waals surface area contributed by atoms with Gasteiger partial charge in [0.25, 0.3) is 5.91 Å². The van der Waals surface area contributed by atoms with Crippen LogP contribution in [-0.4, -0.2) is 40.3 Å². The molecule has 1 heterocycles. The fraction of sp³-hybridized carbons (Fsp3) is 0.500. The minimum Gasteiger partial charge on any atom is -0.492 e. The first-order valence-electron chi connectivity index (χ1n) is 5.06. The number of nitrogens with two attached hydrogens (primary N) is 1. The fourth-order valence-corrected chi connectivity index (χ4v) is 2.36. The van der Waals surface area contributed by atoms with E-state index >= 15 is 0 Å². The van der Waals surface area contributed by atoms with E-state index in [2.05, 4.69) is 10.6 Å². The van der Waals surface area contributed by atoms with E-state index in [-0.39, 0.29) is 5.91 Å². The van der Waals surface area contributed by atoms with Crippen molar-refractivity contribution >= 4 is 27.9 Å². The van der Waals surface area contributed by atoms with Gasteiger partial charge in [0, 0.05) is 20.7 Å². The molecule has 1 amide bonds. The van der Waals surface area contributed by atoms with Crippen molar-refractivity contribution in [3.8, 4) is 5.75 Å². The third-order valence-electron chi connectivity index (χ3n) is 2.13. The lowest BCUT2D eigenvalue weighted by molar-refractivity contribution is 0.0967. The van der Waals surface area contributed by atoms with E-state index in [9.17, 15) is 4.79 Å². The maximum Gasteiger partial charge on any atom is 0.263 e. The van der Waals surface area contributed by atoms with Crippen LogP contribution < -0.4 is 21.1 Å². The first kappa shape index (κ1) is 13.6. The molecule has 7 heteroatoms. The normalized spacial score (nSPS) is 10.1.